The lowest BCUT2D eigenvalue weighted by Crippen LogP contribution is -2.27. The SMILES string of the molecule is CC/C(=C\c1ccc(O)cc1)CC[C@@H]1C=CCB(O)O1. The number of allylic oxidation sites excluding steroid dienone is 2. The van der Waals surface area contributed by atoms with Crippen LogP contribution in [-0.2, 0) is 4.65 Å². The van der Waals surface area contributed by atoms with E-state index in [1.54, 1.807) is 12.1 Å². The lowest BCUT2D eigenvalue weighted by atomic mass is 9.82. The van der Waals surface area contributed by atoms with Crippen LogP contribution in [0, 0.1) is 0 Å². The molecule has 1 atom stereocenters. The minimum absolute atomic E-state index is 0.00789. The summed E-state index contributed by atoms with van der Waals surface area (Å²) in [7, 11) is -0.656. The van der Waals surface area contributed by atoms with Crippen molar-refractivity contribution in [3.8, 4) is 5.75 Å². The Morgan fingerprint density at radius 1 is 1.40 bits per heavy atom. The Bertz CT molecular complexity index is 479. The van der Waals surface area contributed by atoms with E-state index in [1.807, 2.05) is 24.3 Å². The van der Waals surface area contributed by atoms with Crippen molar-refractivity contribution >= 4 is 13.2 Å². The summed E-state index contributed by atoms with van der Waals surface area (Å²) in [5, 5.41) is 18.7. The van der Waals surface area contributed by atoms with Crippen molar-refractivity contribution in [2.75, 3.05) is 0 Å². The van der Waals surface area contributed by atoms with Crippen molar-refractivity contribution in [1.82, 2.24) is 0 Å². The molecule has 0 radical (unpaired) electrons. The molecule has 0 bridgehead atoms. The van der Waals surface area contributed by atoms with E-state index in [-0.39, 0.29) is 11.9 Å². The molecular weight excluding hydrogens is 251 g/mol. The fourth-order valence-corrected chi connectivity index (χ4v) is 2.30. The lowest BCUT2D eigenvalue weighted by Gasteiger charge is -2.20. The Balaban J connectivity index is 1.93. The van der Waals surface area contributed by atoms with Gasteiger partial charge in [0.1, 0.15) is 5.75 Å². The summed E-state index contributed by atoms with van der Waals surface area (Å²) in [4.78, 5) is 0. The van der Waals surface area contributed by atoms with E-state index in [0.29, 0.717) is 6.32 Å². The summed E-state index contributed by atoms with van der Waals surface area (Å²) >= 11 is 0. The van der Waals surface area contributed by atoms with Crippen molar-refractivity contribution in [2.45, 2.75) is 38.6 Å². The topological polar surface area (TPSA) is 49.7 Å². The average molecular weight is 272 g/mol. The molecule has 0 aliphatic carbocycles. The maximum Gasteiger partial charge on any atom is 0.458 e. The quantitative estimate of drug-likeness (QED) is 0.638. The minimum atomic E-state index is -0.656. The van der Waals surface area contributed by atoms with E-state index >= 15 is 0 Å². The predicted molar refractivity (Wildman–Crippen MR) is 82.4 cm³/mol. The van der Waals surface area contributed by atoms with Crippen LogP contribution in [0.2, 0.25) is 6.32 Å². The first-order valence-electron chi connectivity index (χ1n) is 7.16. The fourth-order valence-electron chi connectivity index (χ4n) is 2.30. The van der Waals surface area contributed by atoms with Gasteiger partial charge >= 0.3 is 7.12 Å². The third kappa shape index (κ3) is 4.55. The molecule has 3 nitrogen and oxygen atoms in total. The van der Waals surface area contributed by atoms with Gasteiger partial charge in [-0.2, -0.15) is 0 Å². The van der Waals surface area contributed by atoms with Gasteiger partial charge in [-0.15, -0.1) is 0 Å². The Kier molecular flexibility index (Phi) is 5.44. The van der Waals surface area contributed by atoms with Crippen LogP contribution in [0.1, 0.15) is 31.7 Å². The maximum absolute atomic E-state index is 9.45. The molecule has 106 valence electrons. The van der Waals surface area contributed by atoms with E-state index in [4.69, 9.17) is 4.65 Å². The highest BCUT2D eigenvalue weighted by Crippen LogP contribution is 2.21. The number of hydrogen-bond donors (Lipinski definition) is 2. The van der Waals surface area contributed by atoms with E-state index in [2.05, 4.69) is 13.0 Å². The largest absolute Gasteiger partial charge is 0.508 e. The van der Waals surface area contributed by atoms with Crippen LogP contribution in [0.4, 0.5) is 0 Å². The third-order valence-electron chi connectivity index (χ3n) is 3.49. The van der Waals surface area contributed by atoms with Crippen LogP contribution < -0.4 is 0 Å². The molecule has 0 saturated carbocycles. The first kappa shape index (κ1) is 14.9. The zero-order chi connectivity index (χ0) is 14.4. The zero-order valence-corrected chi connectivity index (χ0v) is 11.8. The van der Waals surface area contributed by atoms with Crippen molar-refractivity contribution in [3.63, 3.8) is 0 Å². The van der Waals surface area contributed by atoms with E-state index in [9.17, 15) is 10.1 Å². The van der Waals surface area contributed by atoms with Crippen LogP contribution in [0.5, 0.6) is 5.75 Å². The number of benzene rings is 1. The van der Waals surface area contributed by atoms with Gasteiger partial charge in [-0.25, -0.2) is 0 Å². The highest BCUT2D eigenvalue weighted by Gasteiger charge is 2.20. The molecule has 0 fully saturated rings. The summed E-state index contributed by atoms with van der Waals surface area (Å²) in [6.45, 7) is 2.14. The number of hydrogen-bond acceptors (Lipinski definition) is 3. The van der Waals surface area contributed by atoms with Crippen LogP contribution in [-0.4, -0.2) is 23.4 Å². The minimum Gasteiger partial charge on any atom is -0.508 e. The fraction of sp³-hybridized carbons (Fsp3) is 0.375. The van der Waals surface area contributed by atoms with Crippen molar-refractivity contribution < 1.29 is 14.8 Å². The van der Waals surface area contributed by atoms with Crippen LogP contribution >= 0.6 is 0 Å². The van der Waals surface area contributed by atoms with Gasteiger partial charge in [0.15, 0.2) is 0 Å². The number of rotatable bonds is 5. The smallest absolute Gasteiger partial charge is 0.458 e. The lowest BCUT2D eigenvalue weighted by molar-refractivity contribution is 0.192. The maximum atomic E-state index is 9.45. The third-order valence-corrected chi connectivity index (χ3v) is 3.49. The van der Waals surface area contributed by atoms with Crippen LogP contribution in [0.25, 0.3) is 6.08 Å². The Morgan fingerprint density at radius 2 is 2.15 bits per heavy atom. The van der Waals surface area contributed by atoms with Crippen molar-refractivity contribution in [2.24, 2.45) is 0 Å². The van der Waals surface area contributed by atoms with Gasteiger partial charge in [0.25, 0.3) is 0 Å². The summed E-state index contributed by atoms with van der Waals surface area (Å²) in [6.07, 6.45) is 9.57. The number of phenolic OH excluding ortho intramolecular Hbond substituents is 1. The highest BCUT2D eigenvalue weighted by atomic mass is 16.5. The molecule has 0 amide bonds. The molecule has 1 heterocycles. The Hall–Kier alpha value is -1.52. The molecule has 1 aromatic rings. The van der Waals surface area contributed by atoms with E-state index in [1.165, 1.54) is 5.57 Å². The monoisotopic (exact) mass is 272 g/mol. The molecule has 2 N–H and O–H groups in total. The predicted octanol–water partition coefficient (Wildman–Crippen LogP) is 3.40. The summed E-state index contributed by atoms with van der Waals surface area (Å²) in [5.74, 6) is 0.287. The van der Waals surface area contributed by atoms with Gasteiger partial charge in [0.05, 0.1) is 6.10 Å². The van der Waals surface area contributed by atoms with Gasteiger partial charge in [0.2, 0.25) is 0 Å². The van der Waals surface area contributed by atoms with Crippen LogP contribution in [0.15, 0.2) is 42.0 Å². The molecule has 1 aromatic carbocycles. The summed E-state index contributed by atoms with van der Waals surface area (Å²) in [6, 6.07) is 7.21. The zero-order valence-electron chi connectivity index (χ0n) is 11.8. The van der Waals surface area contributed by atoms with Crippen LogP contribution in [0.3, 0.4) is 0 Å². The van der Waals surface area contributed by atoms with Gasteiger partial charge in [-0.05, 0) is 37.0 Å². The number of phenols is 1. The summed E-state index contributed by atoms with van der Waals surface area (Å²) < 4.78 is 5.46. The van der Waals surface area contributed by atoms with Crippen molar-refractivity contribution in [1.29, 1.82) is 0 Å². The van der Waals surface area contributed by atoms with E-state index in [0.717, 1.165) is 24.8 Å². The molecule has 1 aliphatic rings. The molecule has 4 heteroatoms. The molecule has 0 unspecified atom stereocenters. The molecule has 1 aliphatic heterocycles. The molecule has 0 saturated heterocycles. The van der Waals surface area contributed by atoms with Gasteiger partial charge in [-0.1, -0.05) is 42.9 Å². The molecule has 20 heavy (non-hydrogen) atoms. The molecule has 0 aromatic heterocycles. The van der Waals surface area contributed by atoms with Gasteiger partial charge < -0.3 is 14.8 Å². The highest BCUT2D eigenvalue weighted by molar-refractivity contribution is 6.43. The second-order valence-electron chi connectivity index (χ2n) is 5.08. The molecule has 0 spiro atoms. The summed E-state index contributed by atoms with van der Waals surface area (Å²) in [5.41, 5.74) is 2.44. The second-order valence-corrected chi connectivity index (χ2v) is 5.08. The van der Waals surface area contributed by atoms with Gasteiger partial charge in [0, 0.05) is 6.32 Å². The van der Waals surface area contributed by atoms with Gasteiger partial charge in [-0.3, -0.25) is 0 Å². The molecule has 2 rings (SSSR count). The normalized spacial score (nSPS) is 19.4. The standard InChI is InChI=1S/C16H21BO3/c1-2-13(12-14-5-8-15(18)9-6-14)7-10-16-4-3-11-17(19)20-16/h3-6,8-9,12,16,18-19H,2,7,10-11H2,1H3/b13-12+/t16-/m0/s1. The Labute approximate surface area is 120 Å². The number of aromatic hydroxyl groups is 1. The molecular formula is C16H21BO3. The first-order chi connectivity index (χ1) is 9.67. The van der Waals surface area contributed by atoms with E-state index < -0.39 is 7.12 Å². The average Bonchev–Trinajstić information content (AvgIpc) is 2.45. The van der Waals surface area contributed by atoms with Crippen molar-refractivity contribution in [3.05, 3.63) is 47.6 Å². The first-order valence-corrected chi connectivity index (χ1v) is 7.16. The second kappa shape index (κ2) is 7.32. The Morgan fingerprint density at radius 3 is 2.80 bits per heavy atom.